The lowest BCUT2D eigenvalue weighted by atomic mass is 9.88. The summed E-state index contributed by atoms with van der Waals surface area (Å²) in [6.45, 7) is 11.8. The molecule has 4 saturated heterocycles. The van der Waals surface area contributed by atoms with Crippen molar-refractivity contribution in [3.05, 3.63) is 65.8 Å². The molecule has 4 heterocycles. The molecule has 0 aromatic heterocycles. The van der Waals surface area contributed by atoms with Crippen LogP contribution in [-0.4, -0.2) is 102 Å². The van der Waals surface area contributed by atoms with Crippen molar-refractivity contribution in [2.75, 3.05) is 13.2 Å². The van der Waals surface area contributed by atoms with E-state index in [0.29, 0.717) is 42.4 Å². The fraction of sp³-hybridized carbons (Fsp3) is 0.568. The maximum absolute atomic E-state index is 13.0. The molecule has 16 nitrogen and oxygen atoms in total. The van der Waals surface area contributed by atoms with Crippen LogP contribution in [0.1, 0.15) is 105 Å². The summed E-state index contributed by atoms with van der Waals surface area (Å²) >= 11 is 0. The Balaban J connectivity index is 1.01. The highest BCUT2D eigenvalue weighted by Crippen LogP contribution is 2.43. The number of carbonyl (C=O) groups is 6. The monoisotopic (exact) mass is 834 g/mol. The normalized spacial score (nSPS) is 27.6. The van der Waals surface area contributed by atoms with Crippen LogP contribution < -0.4 is 15.5 Å². The Morgan fingerprint density at radius 2 is 1.73 bits per heavy atom. The van der Waals surface area contributed by atoms with Crippen molar-refractivity contribution in [1.29, 1.82) is 0 Å². The Hall–Kier alpha value is -5.19. The van der Waals surface area contributed by atoms with E-state index in [0.717, 1.165) is 24.0 Å². The Labute approximate surface area is 351 Å². The minimum atomic E-state index is -0.675. The number of carbonyl (C=O) groups excluding carboxylic acids is 6. The summed E-state index contributed by atoms with van der Waals surface area (Å²) in [4.78, 5) is 76.6. The van der Waals surface area contributed by atoms with Gasteiger partial charge < -0.3 is 33.8 Å². The van der Waals surface area contributed by atoms with E-state index in [1.54, 1.807) is 32.1 Å². The van der Waals surface area contributed by atoms with Crippen LogP contribution in [0.2, 0.25) is 0 Å². The number of esters is 1. The van der Waals surface area contributed by atoms with Gasteiger partial charge in [0.2, 0.25) is 11.8 Å². The van der Waals surface area contributed by atoms with Gasteiger partial charge in [-0.25, -0.2) is 10.2 Å². The molecular weight excluding hydrogens is 777 g/mol. The highest BCUT2D eigenvalue weighted by Gasteiger charge is 2.51. The smallest absolute Gasteiger partial charge is 0.333 e. The van der Waals surface area contributed by atoms with E-state index in [-0.39, 0.29) is 86.1 Å². The average Bonchev–Trinajstić information content (AvgIpc) is 3.87. The molecule has 5 rings (SSSR count). The average molecular weight is 835 g/mol. The van der Waals surface area contributed by atoms with E-state index in [9.17, 15) is 28.8 Å². The molecule has 2 N–H and O–H groups in total. The third-order valence-corrected chi connectivity index (χ3v) is 10.8. The van der Waals surface area contributed by atoms with Crippen LogP contribution in [0.5, 0.6) is 5.75 Å². The molecule has 0 aliphatic carbocycles. The highest BCUT2D eigenvalue weighted by molar-refractivity contribution is 6.01. The Morgan fingerprint density at radius 3 is 2.42 bits per heavy atom. The van der Waals surface area contributed by atoms with Crippen LogP contribution in [-0.2, 0) is 52.6 Å². The summed E-state index contributed by atoms with van der Waals surface area (Å²) in [5.74, 6) is -1.84. The molecule has 1 aromatic rings. The SMILES string of the molecule is CC(=O)O[C@@H](C)/C=C\C(=O)N[C@@H]1C[C@H](C)[C@H](C/C=C(C)/C=C/[C@@H]2C[C@]3(CO3)C[C@@H](CC(=O)N/N=C(\C)c3ccc(OCCCC(=O)ON4C(=O)CCC4=O)cc3)O2)O[C@@H]1C. The van der Waals surface area contributed by atoms with Gasteiger partial charge in [0.25, 0.3) is 11.8 Å². The molecule has 0 bridgehead atoms. The molecule has 0 radical (unpaired) electrons. The number of hydrogen-bond acceptors (Lipinski definition) is 13. The predicted octanol–water partition coefficient (Wildman–Crippen LogP) is 4.70. The van der Waals surface area contributed by atoms with Crippen molar-refractivity contribution >= 4 is 41.3 Å². The van der Waals surface area contributed by atoms with Gasteiger partial charge in [-0.05, 0) is 88.8 Å². The number of allylic oxidation sites excluding steroid dienone is 2. The van der Waals surface area contributed by atoms with E-state index >= 15 is 0 Å². The third kappa shape index (κ3) is 14.2. The fourth-order valence-electron chi connectivity index (χ4n) is 7.34. The van der Waals surface area contributed by atoms with Gasteiger partial charge in [0, 0.05) is 38.7 Å². The second kappa shape index (κ2) is 21.4. The van der Waals surface area contributed by atoms with Crippen LogP contribution in [0.15, 0.2) is 65.3 Å². The topological polar surface area (TPSA) is 201 Å². The number of imide groups is 1. The van der Waals surface area contributed by atoms with Gasteiger partial charge in [0.15, 0.2) is 0 Å². The first-order chi connectivity index (χ1) is 28.6. The maximum Gasteiger partial charge on any atom is 0.333 e. The standard InChI is InChI=1S/C44H58N4O12/c1-27(10-17-38-28(2)22-37(31(5)58-38)45-39(50)18-11-29(3)57-32(6)49)9-14-35-24-44(26-56-44)25-36(59-35)23-40(51)47-46-30(4)33-12-15-34(16-13-33)55-21-7-8-43(54)60-48-41(52)19-20-42(48)53/h9-16,18,28-29,31,35-38H,7-8,17,19-26H2,1-6H3,(H,45,50)(H,47,51)/b14-9+,18-11-,27-10+,46-30+/t28-,29-,31+,35+,36+,37+,38-,44+/m0/s1. The van der Waals surface area contributed by atoms with Crippen molar-refractivity contribution in [2.24, 2.45) is 11.0 Å². The number of benzene rings is 1. The number of rotatable bonds is 18. The van der Waals surface area contributed by atoms with Gasteiger partial charge in [-0.2, -0.15) is 5.10 Å². The summed E-state index contributed by atoms with van der Waals surface area (Å²) in [5, 5.41) is 7.84. The highest BCUT2D eigenvalue weighted by atomic mass is 16.7. The number of nitrogens with zero attached hydrogens (tertiary/aromatic N) is 2. The minimum absolute atomic E-state index is 0.000272. The Bertz CT molecular complexity index is 1840. The number of ether oxygens (including phenoxy) is 5. The van der Waals surface area contributed by atoms with Crippen molar-refractivity contribution in [3.8, 4) is 5.75 Å². The van der Waals surface area contributed by atoms with Gasteiger partial charge in [-0.1, -0.05) is 30.7 Å². The minimum Gasteiger partial charge on any atom is -0.494 e. The van der Waals surface area contributed by atoms with E-state index in [1.165, 1.54) is 13.0 Å². The second-order valence-electron chi connectivity index (χ2n) is 16.1. The van der Waals surface area contributed by atoms with Gasteiger partial charge >= 0.3 is 11.9 Å². The number of hydroxylamine groups is 2. The van der Waals surface area contributed by atoms with E-state index in [1.807, 2.05) is 38.1 Å². The molecule has 4 aliphatic heterocycles. The molecule has 8 atom stereocenters. The van der Waals surface area contributed by atoms with Gasteiger partial charge in [-0.15, -0.1) is 5.06 Å². The largest absolute Gasteiger partial charge is 0.494 e. The van der Waals surface area contributed by atoms with E-state index < -0.39 is 29.9 Å². The van der Waals surface area contributed by atoms with Crippen molar-refractivity contribution < 1.29 is 57.3 Å². The lowest BCUT2D eigenvalue weighted by Crippen LogP contribution is -2.50. The number of nitrogens with one attached hydrogen (secondary N) is 2. The molecule has 4 amide bonds. The third-order valence-electron chi connectivity index (χ3n) is 10.8. The molecule has 4 aliphatic rings. The molecule has 4 fully saturated rings. The molecule has 1 aromatic carbocycles. The lowest BCUT2D eigenvalue weighted by molar-refractivity contribution is -0.197. The quantitative estimate of drug-likeness (QED) is 0.0303. The van der Waals surface area contributed by atoms with Crippen molar-refractivity contribution in [2.45, 2.75) is 141 Å². The molecule has 0 saturated carbocycles. The van der Waals surface area contributed by atoms with E-state index in [4.69, 9.17) is 28.5 Å². The van der Waals surface area contributed by atoms with Crippen LogP contribution in [0, 0.1) is 5.92 Å². The van der Waals surface area contributed by atoms with Gasteiger partial charge in [0.1, 0.15) is 11.9 Å². The maximum atomic E-state index is 13.0. The molecule has 326 valence electrons. The van der Waals surface area contributed by atoms with Gasteiger partial charge in [-0.3, -0.25) is 24.0 Å². The fourth-order valence-corrected chi connectivity index (χ4v) is 7.34. The van der Waals surface area contributed by atoms with E-state index in [2.05, 4.69) is 28.8 Å². The summed E-state index contributed by atoms with van der Waals surface area (Å²) in [7, 11) is 0. The first kappa shape index (κ1) is 45.9. The number of epoxide rings is 1. The first-order valence-corrected chi connectivity index (χ1v) is 20.7. The second-order valence-corrected chi connectivity index (χ2v) is 16.1. The summed E-state index contributed by atoms with van der Waals surface area (Å²) < 4.78 is 29.2. The Kier molecular flexibility index (Phi) is 16.3. The molecular formula is C44H58N4O12. The number of hydrazone groups is 1. The number of hydrogen-bond donors (Lipinski definition) is 2. The zero-order valence-corrected chi connectivity index (χ0v) is 35.3. The summed E-state index contributed by atoms with van der Waals surface area (Å²) in [6, 6.07) is 7.00. The number of amides is 4. The van der Waals surface area contributed by atoms with Crippen LogP contribution >= 0.6 is 0 Å². The first-order valence-electron chi connectivity index (χ1n) is 20.7. The molecule has 0 unspecified atom stereocenters. The lowest BCUT2D eigenvalue weighted by Gasteiger charge is -2.39. The van der Waals surface area contributed by atoms with Gasteiger partial charge in [0.05, 0.1) is 67.8 Å². The summed E-state index contributed by atoms with van der Waals surface area (Å²) in [6.07, 6.45) is 11.3. The predicted molar refractivity (Wildman–Crippen MR) is 218 cm³/mol. The zero-order valence-electron chi connectivity index (χ0n) is 35.3. The van der Waals surface area contributed by atoms with Crippen LogP contribution in [0.25, 0.3) is 0 Å². The molecule has 1 spiro atoms. The van der Waals surface area contributed by atoms with Crippen LogP contribution in [0.3, 0.4) is 0 Å². The van der Waals surface area contributed by atoms with Crippen molar-refractivity contribution in [1.82, 2.24) is 15.8 Å². The summed E-state index contributed by atoms with van der Waals surface area (Å²) in [5.41, 5.74) is 4.82. The molecule has 16 heteroatoms. The zero-order chi connectivity index (χ0) is 43.4. The van der Waals surface area contributed by atoms with Crippen LogP contribution in [0.4, 0.5) is 0 Å². The Morgan fingerprint density at radius 1 is 1.02 bits per heavy atom. The van der Waals surface area contributed by atoms with Crippen molar-refractivity contribution in [3.63, 3.8) is 0 Å². The molecule has 60 heavy (non-hydrogen) atoms.